The molecule has 1 aliphatic carbocycles. The van der Waals surface area contributed by atoms with Crippen LogP contribution in [-0.4, -0.2) is 33.9 Å². The number of carbonyl (C=O) groups is 2. The summed E-state index contributed by atoms with van der Waals surface area (Å²) in [4.78, 5) is 36.5. The molecular weight excluding hydrogens is 332 g/mol. The van der Waals surface area contributed by atoms with Crippen LogP contribution < -0.4 is 5.32 Å². The number of amides is 1. The number of pyridine rings is 1. The summed E-state index contributed by atoms with van der Waals surface area (Å²) in [6, 6.07) is 3.71. The van der Waals surface area contributed by atoms with E-state index < -0.39 is 0 Å². The minimum Gasteiger partial charge on any atom is -0.469 e. The maximum absolute atomic E-state index is 12.2. The molecule has 1 amide bonds. The first-order valence-corrected chi connectivity index (χ1v) is 8.79. The van der Waals surface area contributed by atoms with Gasteiger partial charge >= 0.3 is 5.97 Å². The first-order valence-electron chi connectivity index (χ1n) is 8.79. The molecule has 0 aliphatic heterocycles. The summed E-state index contributed by atoms with van der Waals surface area (Å²) in [7, 11) is 1.35. The quantitative estimate of drug-likeness (QED) is 0.801. The van der Waals surface area contributed by atoms with Crippen molar-refractivity contribution in [3.63, 3.8) is 0 Å². The number of ether oxygens (including phenoxy) is 1. The Hall–Kier alpha value is -2.83. The first kappa shape index (κ1) is 18.0. The molecule has 1 aliphatic rings. The molecule has 1 atom stereocenters. The Balaban J connectivity index is 1.65. The second kappa shape index (κ2) is 8.51. The average molecular weight is 354 g/mol. The highest BCUT2D eigenvalue weighted by molar-refractivity contribution is 5.77. The Kier molecular flexibility index (Phi) is 5.88. The molecule has 7 nitrogen and oxygen atoms in total. The van der Waals surface area contributed by atoms with Gasteiger partial charge in [-0.2, -0.15) is 0 Å². The Morgan fingerprint density at radius 3 is 2.96 bits per heavy atom. The van der Waals surface area contributed by atoms with Gasteiger partial charge in [-0.1, -0.05) is 0 Å². The molecule has 2 aromatic heterocycles. The third-order valence-electron chi connectivity index (χ3n) is 4.45. The van der Waals surface area contributed by atoms with Crippen LogP contribution in [0.25, 0.3) is 11.4 Å². The van der Waals surface area contributed by atoms with Gasteiger partial charge in [-0.3, -0.25) is 14.6 Å². The van der Waals surface area contributed by atoms with Gasteiger partial charge in [-0.05, 0) is 37.8 Å². The average Bonchev–Trinajstić information content (AvgIpc) is 2.68. The van der Waals surface area contributed by atoms with Crippen molar-refractivity contribution < 1.29 is 14.3 Å². The van der Waals surface area contributed by atoms with Crippen molar-refractivity contribution in [3.8, 4) is 11.4 Å². The lowest BCUT2D eigenvalue weighted by atomic mass is 9.92. The molecule has 26 heavy (non-hydrogen) atoms. The van der Waals surface area contributed by atoms with E-state index in [0.29, 0.717) is 18.7 Å². The molecule has 0 saturated carbocycles. The first-order chi connectivity index (χ1) is 12.7. The van der Waals surface area contributed by atoms with E-state index in [1.165, 1.54) is 7.11 Å². The minimum absolute atomic E-state index is 0.0666. The number of carbonyl (C=O) groups excluding carboxylic acids is 2. The molecule has 2 heterocycles. The smallest absolute Gasteiger partial charge is 0.305 e. The molecule has 7 heteroatoms. The van der Waals surface area contributed by atoms with Gasteiger partial charge in [-0.15, -0.1) is 0 Å². The fraction of sp³-hybridized carbons (Fsp3) is 0.421. The second-order valence-corrected chi connectivity index (χ2v) is 6.28. The van der Waals surface area contributed by atoms with Gasteiger partial charge in [0.15, 0.2) is 5.82 Å². The number of aromatic nitrogens is 3. The summed E-state index contributed by atoms with van der Waals surface area (Å²) >= 11 is 0. The van der Waals surface area contributed by atoms with Crippen molar-refractivity contribution in [1.82, 2.24) is 20.3 Å². The topological polar surface area (TPSA) is 94.1 Å². The summed E-state index contributed by atoms with van der Waals surface area (Å²) in [5, 5.41) is 3.04. The Bertz CT molecular complexity index is 780. The van der Waals surface area contributed by atoms with Crippen molar-refractivity contribution in [2.24, 2.45) is 0 Å². The summed E-state index contributed by atoms with van der Waals surface area (Å²) in [6.07, 6.45) is 9.00. The summed E-state index contributed by atoms with van der Waals surface area (Å²) in [5.41, 5.74) is 2.83. The monoisotopic (exact) mass is 354 g/mol. The van der Waals surface area contributed by atoms with Crippen LogP contribution in [0, 0.1) is 0 Å². The molecule has 136 valence electrons. The van der Waals surface area contributed by atoms with Crippen LogP contribution in [0.5, 0.6) is 0 Å². The van der Waals surface area contributed by atoms with Gasteiger partial charge in [0.05, 0.1) is 13.2 Å². The van der Waals surface area contributed by atoms with Crippen LogP contribution in [0.1, 0.15) is 49.4 Å². The van der Waals surface area contributed by atoms with Gasteiger partial charge in [0, 0.05) is 48.3 Å². The summed E-state index contributed by atoms with van der Waals surface area (Å²) < 4.78 is 4.58. The van der Waals surface area contributed by atoms with Crippen molar-refractivity contribution in [3.05, 3.63) is 42.0 Å². The fourth-order valence-electron chi connectivity index (χ4n) is 3.09. The maximum Gasteiger partial charge on any atom is 0.305 e. The number of hydrogen-bond acceptors (Lipinski definition) is 6. The predicted octanol–water partition coefficient (Wildman–Crippen LogP) is 2.38. The number of hydrogen-bond donors (Lipinski definition) is 1. The molecule has 0 spiro atoms. The fourth-order valence-corrected chi connectivity index (χ4v) is 3.09. The van der Waals surface area contributed by atoms with Crippen molar-refractivity contribution in [2.45, 2.75) is 44.6 Å². The number of rotatable bonds is 6. The Labute approximate surface area is 152 Å². The lowest BCUT2D eigenvalue weighted by Crippen LogP contribution is -2.31. The number of fused-ring (bicyclic) bond motifs is 1. The Morgan fingerprint density at radius 1 is 1.31 bits per heavy atom. The number of nitrogens with zero attached hydrogens (tertiary/aromatic N) is 3. The standard InChI is InChI=1S/C19H22N4O3/c1-26-18(25)9-3-8-17(24)22-15-6-2-7-16-14(15)12-21-19(23-16)13-5-4-10-20-11-13/h4-5,10-12,15H,2-3,6-9H2,1H3,(H,22,24)/t15-/m0/s1. The van der Waals surface area contributed by atoms with Crippen LogP contribution >= 0.6 is 0 Å². The third kappa shape index (κ3) is 4.41. The number of aryl methyl sites for hydroxylation is 1. The highest BCUT2D eigenvalue weighted by atomic mass is 16.5. The highest BCUT2D eigenvalue weighted by Crippen LogP contribution is 2.29. The maximum atomic E-state index is 12.2. The van der Waals surface area contributed by atoms with E-state index >= 15 is 0 Å². The van der Waals surface area contributed by atoms with Crippen molar-refractivity contribution in [2.75, 3.05) is 7.11 Å². The zero-order valence-electron chi connectivity index (χ0n) is 14.8. The van der Waals surface area contributed by atoms with E-state index in [2.05, 4.69) is 25.0 Å². The molecule has 0 fully saturated rings. The van der Waals surface area contributed by atoms with Gasteiger partial charge in [-0.25, -0.2) is 9.97 Å². The van der Waals surface area contributed by atoms with Gasteiger partial charge in [0.2, 0.25) is 5.91 Å². The van der Waals surface area contributed by atoms with Crippen LogP contribution in [0.15, 0.2) is 30.7 Å². The lowest BCUT2D eigenvalue weighted by Gasteiger charge is -2.25. The number of esters is 1. The largest absolute Gasteiger partial charge is 0.469 e. The van der Waals surface area contributed by atoms with E-state index in [9.17, 15) is 9.59 Å². The van der Waals surface area contributed by atoms with Crippen LogP contribution in [0.3, 0.4) is 0 Å². The van der Waals surface area contributed by atoms with Crippen LogP contribution in [0.2, 0.25) is 0 Å². The van der Waals surface area contributed by atoms with Crippen LogP contribution in [0.4, 0.5) is 0 Å². The number of methoxy groups -OCH3 is 1. The van der Waals surface area contributed by atoms with Gasteiger partial charge < -0.3 is 10.1 Å². The van der Waals surface area contributed by atoms with E-state index in [4.69, 9.17) is 0 Å². The Morgan fingerprint density at radius 2 is 2.19 bits per heavy atom. The lowest BCUT2D eigenvalue weighted by molar-refractivity contribution is -0.140. The number of nitrogens with one attached hydrogen (secondary N) is 1. The normalized spacial score (nSPS) is 15.8. The van der Waals surface area contributed by atoms with E-state index in [0.717, 1.165) is 36.1 Å². The molecule has 0 radical (unpaired) electrons. The van der Waals surface area contributed by atoms with Gasteiger partial charge in [0.1, 0.15) is 0 Å². The molecule has 0 saturated heterocycles. The molecule has 0 aromatic carbocycles. The predicted molar refractivity (Wildman–Crippen MR) is 95.0 cm³/mol. The SMILES string of the molecule is COC(=O)CCCC(=O)N[C@H]1CCCc2nc(-c3cccnc3)ncc21. The zero-order valence-corrected chi connectivity index (χ0v) is 14.8. The molecule has 0 unspecified atom stereocenters. The summed E-state index contributed by atoms with van der Waals surface area (Å²) in [5.74, 6) is 0.294. The summed E-state index contributed by atoms with van der Waals surface area (Å²) in [6.45, 7) is 0. The molecular formula is C19H22N4O3. The molecule has 1 N–H and O–H groups in total. The van der Waals surface area contributed by atoms with Gasteiger partial charge in [0.25, 0.3) is 0 Å². The zero-order chi connectivity index (χ0) is 18.4. The minimum atomic E-state index is -0.294. The van der Waals surface area contributed by atoms with E-state index in [-0.39, 0.29) is 24.3 Å². The molecule has 3 rings (SSSR count). The van der Waals surface area contributed by atoms with Crippen LogP contribution in [-0.2, 0) is 20.7 Å². The van der Waals surface area contributed by atoms with E-state index in [1.807, 2.05) is 18.3 Å². The highest BCUT2D eigenvalue weighted by Gasteiger charge is 2.24. The van der Waals surface area contributed by atoms with Crippen molar-refractivity contribution in [1.29, 1.82) is 0 Å². The van der Waals surface area contributed by atoms with Crippen molar-refractivity contribution >= 4 is 11.9 Å². The molecule has 2 aromatic rings. The second-order valence-electron chi connectivity index (χ2n) is 6.28. The molecule has 0 bridgehead atoms. The van der Waals surface area contributed by atoms with E-state index in [1.54, 1.807) is 12.4 Å². The third-order valence-corrected chi connectivity index (χ3v) is 4.45.